The SMILES string of the molecule is C[C@H](c1nc2ccccc2s1)N(C)C(=O)c1ccc(SC(F)(F)F)cc1. The van der Waals surface area contributed by atoms with Crippen molar-refractivity contribution in [2.75, 3.05) is 7.05 Å². The molecule has 0 spiro atoms. The number of aromatic nitrogens is 1. The lowest BCUT2D eigenvalue weighted by atomic mass is 10.2. The molecular weight excluding hydrogens is 381 g/mol. The van der Waals surface area contributed by atoms with Crippen LogP contribution in [0.3, 0.4) is 0 Å². The largest absolute Gasteiger partial charge is 0.446 e. The molecule has 0 fully saturated rings. The highest BCUT2D eigenvalue weighted by molar-refractivity contribution is 8.00. The van der Waals surface area contributed by atoms with Gasteiger partial charge in [0.15, 0.2) is 0 Å². The summed E-state index contributed by atoms with van der Waals surface area (Å²) in [7, 11) is 1.66. The Hall–Kier alpha value is -2.06. The molecule has 1 amide bonds. The molecule has 8 heteroatoms. The first-order valence-electron chi connectivity index (χ1n) is 7.73. The van der Waals surface area contributed by atoms with Gasteiger partial charge in [0.1, 0.15) is 5.01 Å². The van der Waals surface area contributed by atoms with Gasteiger partial charge in [-0.2, -0.15) is 13.2 Å². The molecule has 1 heterocycles. The smallest absolute Gasteiger partial charge is 0.333 e. The maximum Gasteiger partial charge on any atom is 0.446 e. The Morgan fingerprint density at radius 3 is 2.42 bits per heavy atom. The monoisotopic (exact) mass is 396 g/mol. The van der Waals surface area contributed by atoms with E-state index in [-0.39, 0.29) is 28.6 Å². The first kappa shape index (κ1) is 18.7. The van der Waals surface area contributed by atoms with Crippen LogP contribution in [0.4, 0.5) is 13.2 Å². The topological polar surface area (TPSA) is 33.2 Å². The molecule has 3 rings (SSSR count). The van der Waals surface area contributed by atoms with Gasteiger partial charge in [0.25, 0.3) is 5.91 Å². The van der Waals surface area contributed by atoms with Gasteiger partial charge in [-0.05, 0) is 55.1 Å². The summed E-state index contributed by atoms with van der Waals surface area (Å²) < 4.78 is 38.2. The van der Waals surface area contributed by atoms with Crippen molar-refractivity contribution in [3.63, 3.8) is 0 Å². The van der Waals surface area contributed by atoms with Crippen molar-refractivity contribution in [2.45, 2.75) is 23.4 Å². The number of thioether (sulfide) groups is 1. The van der Waals surface area contributed by atoms with Gasteiger partial charge in [0, 0.05) is 17.5 Å². The fraction of sp³-hybridized carbons (Fsp3) is 0.222. The number of carbonyl (C=O) groups excluding carboxylic acids is 1. The van der Waals surface area contributed by atoms with E-state index in [1.54, 1.807) is 11.9 Å². The van der Waals surface area contributed by atoms with Crippen molar-refractivity contribution in [1.29, 1.82) is 0 Å². The summed E-state index contributed by atoms with van der Waals surface area (Å²) in [5.41, 5.74) is -3.12. The Morgan fingerprint density at radius 1 is 1.15 bits per heavy atom. The minimum atomic E-state index is -4.34. The number of thiazole rings is 1. The molecule has 1 atom stereocenters. The summed E-state index contributed by atoms with van der Waals surface area (Å²) in [6.07, 6.45) is 0. The summed E-state index contributed by atoms with van der Waals surface area (Å²) in [6.45, 7) is 1.88. The summed E-state index contributed by atoms with van der Waals surface area (Å²) in [6, 6.07) is 12.9. The molecule has 1 aromatic heterocycles. The second-order valence-electron chi connectivity index (χ2n) is 5.68. The number of alkyl halides is 3. The molecule has 0 bridgehead atoms. The first-order valence-corrected chi connectivity index (χ1v) is 9.36. The number of carbonyl (C=O) groups is 1. The quantitative estimate of drug-likeness (QED) is 0.527. The minimum absolute atomic E-state index is 0.0518. The Bertz CT molecular complexity index is 889. The van der Waals surface area contributed by atoms with E-state index in [0.717, 1.165) is 15.2 Å². The first-order chi connectivity index (χ1) is 12.2. The third-order valence-electron chi connectivity index (χ3n) is 3.90. The van der Waals surface area contributed by atoms with Crippen LogP contribution < -0.4 is 0 Å². The summed E-state index contributed by atoms with van der Waals surface area (Å²) >= 11 is 1.32. The predicted molar refractivity (Wildman–Crippen MR) is 98.5 cm³/mol. The zero-order valence-electron chi connectivity index (χ0n) is 13.9. The second kappa shape index (κ2) is 7.28. The molecule has 3 aromatic rings. The number of benzene rings is 2. The molecule has 2 aromatic carbocycles. The van der Waals surface area contributed by atoms with Gasteiger partial charge in [0.05, 0.1) is 16.3 Å². The number of halogens is 3. The lowest BCUT2D eigenvalue weighted by Crippen LogP contribution is -2.29. The summed E-state index contributed by atoms with van der Waals surface area (Å²) in [5, 5.41) is 0.811. The fourth-order valence-corrected chi connectivity index (χ4v) is 4.02. The Labute approximate surface area is 156 Å². The molecular formula is C18H15F3N2OS2. The molecule has 3 nitrogen and oxygen atoms in total. The minimum Gasteiger partial charge on any atom is -0.333 e. The van der Waals surface area contributed by atoms with E-state index in [4.69, 9.17) is 0 Å². The lowest BCUT2D eigenvalue weighted by molar-refractivity contribution is -0.0328. The van der Waals surface area contributed by atoms with E-state index in [1.165, 1.54) is 35.6 Å². The Balaban J connectivity index is 1.76. The highest BCUT2D eigenvalue weighted by Crippen LogP contribution is 2.37. The van der Waals surface area contributed by atoms with Crippen LogP contribution in [0.15, 0.2) is 53.4 Å². The van der Waals surface area contributed by atoms with Crippen LogP contribution in [0, 0.1) is 0 Å². The fourth-order valence-electron chi connectivity index (χ4n) is 2.41. The number of amides is 1. The molecule has 0 aliphatic heterocycles. The highest BCUT2D eigenvalue weighted by atomic mass is 32.2. The van der Waals surface area contributed by atoms with E-state index in [0.29, 0.717) is 5.56 Å². The van der Waals surface area contributed by atoms with Crippen molar-refractivity contribution in [2.24, 2.45) is 0 Å². The standard InChI is InChI=1S/C18H15F3N2OS2/c1-11(16-22-14-5-3-4-6-15(14)25-16)23(2)17(24)12-7-9-13(10-8-12)26-18(19,20)21/h3-11H,1-2H3/t11-/m1/s1. The number of fused-ring (bicyclic) bond motifs is 1. The van der Waals surface area contributed by atoms with Crippen LogP contribution >= 0.6 is 23.1 Å². The number of hydrogen-bond acceptors (Lipinski definition) is 4. The van der Waals surface area contributed by atoms with Gasteiger partial charge in [-0.3, -0.25) is 4.79 Å². The van der Waals surface area contributed by atoms with Gasteiger partial charge in [-0.25, -0.2) is 4.98 Å². The summed E-state index contributed by atoms with van der Waals surface area (Å²) in [5.74, 6) is -0.264. The van der Waals surface area contributed by atoms with Crippen molar-refractivity contribution in [3.8, 4) is 0 Å². The molecule has 0 N–H and O–H groups in total. The highest BCUT2D eigenvalue weighted by Gasteiger charge is 2.29. The molecule has 0 radical (unpaired) electrons. The van der Waals surface area contributed by atoms with Crippen LogP contribution in [0.2, 0.25) is 0 Å². The number of nitrogens with zero attached hydrogens (tertiary/aromatic N) is 2. The maximum absolute atomic E-state index is 12.6. The molecule has 0 aliphatic rings. The second-order valence-corrected chi connectivity index (χ2v) is 7.88. The normalized spacial score (nSPS) is 13.0. The van der Waals surface area contributed by atoms with Crippen LogP contribution in [-0.4, -0.2) is 28.3 Å². The van der Waals surface area contributed by atoms with Crippen molar-refractivity contribution >= 4 is 39.2 Å². The summed E-state index contributed by atoms with van der Waals surface area (Å²) in [4.78, 5) is 18.8. The van der Waals surface area contributed by atoms with Gasteiger partial charge >= 0.3 is 5.51 Å². The predicted octanol–water partition coefficient (Wildman–Crippen LogP) is 5.74. The Morgan fingerprint density at radius 2 is 1.81 bits per heavy atom. The molecule has 0 unspecified atom stereocenters. The number of rotatable bonds is 4. The third kappa shape index (κ3) is 4.19. The van der Waals surface area contributed by atoms with E-state index in [2.05, 4.69) is 4.98 Å². The zero-order valence-corrected chi connectivity index (χ0v) is 15.6. The van der Waals surface area contributed by atoms with Crippen LogP contribution in [0.5, 0.6) is 0 Å². The molecule has 136 valence electrons. The molecule has 0 saturated heterocycles. The van der Waals surface area contributed by atoms with Gasteiger partial charge in [-0.1, -0.05) is 12.1 Å². The van der Waals surface area contributed by atoms with Gasteiger partial charge in [0.2, 0.25) is 0 Å². The van der Waals surface area contributed by atoms with E-state index in [1.807, 2.05) is 31.2 Å². The van der Waals surface area contributed by atoms with Gasteiger partial charge in [-0.15, -0.1) is 11.3 Å². The average molecular weight is 396 g/mol. The van der Waals surface area contributed by atoms with Crippen LogP contribution in [0.25, 0.3) is 10.2 Å². The van der Waals surface area contributed by atoms with Gasteiger partial charge < -0.3 is 4.90 Å². The van der Waals surface area contributed by atoms with E-state index < -0.39 is 5.51 Å². The number of para-hydroxylation sites is 1. The van der Waals surface area contributed by atoms with Crippen LogP contribution in [-0.2, 0) is 0 Å². The lowest BCUT2D eigenvalue weighted by Gasteiger charge is -2.23. The zero-order chi connectivity index (χ0) is 18.9. The number of hydrogen-bond donors (Lipinski definition) is 0. The molecule has 26 heavy (non-hydrogen) atoms. The van der Waals surface area contributed by atoms with E-state index >= 15 is 0 Å². The Kier molecular flexibility index (Phi) is 5.24. The molecule has 0 aliphatic carbocycles. The maximum atomic E-state index is 12.6. The van der Waals surface area contributed by atoms with Crippen molar-refractivity contribution in [1.82, 2.24) is 9.88 Å². The van der Waals surface area contributed by atoms with Crippen molar-refractivity contribution in [3.05, 3.63) is 59.1 Å². The third-order valence-corrected chi connectivity index (χ3v) is 5.85. The molecule has 0 saturated carbocycles. The van der Waals surface area contributed by atoms with Crippen LogP contribution in [0.1, 0.15) is 28.3 Å². The van der Waals surface area contributed by atoms with Crippen molar-refractivity contribution < 1.29 is 18.0 Å². The average Bonchev–Trinajstić information content (AvgIpc) is 3.03. The van der Waals surface area contributed by atoms with E-state index in [9.17, 15) is 18.0 Å².